The molecule has 2 aromatic rings. The molecule has 0 spiro atoms. The number of rotatable bonds is 1. The van der Waals surface area contributed by atoms with Gasteiger partial charge in [-0.3, -0.25) is 4.98 Å². The van der Waals surface area contributed by atoms with Gasteiger partial charge in [0.25, 0.3) is 0 Å². The summed E-state index contributed by atoms with van der Waals surface area (Å²) in [7, 11) is 0. The molecule has 4 heteroatoms. The third-order valence-corrected chi connectivity index (χ3v) is 2.20. The first-order valence-electron chi connectivity index (χ1n) is 4.59. The number of aryl methyl sites for hydroxylation is 2. The Labute approximate surface area is 93.2 Å². The van der Waals surface area contributed by atoms with Crippen LogP contribution < -0.4 is 0 Å². The van der Waals surface area contributed by atoms with E-state index in [-0.39, 0.29) is 5.28 Å². The molecule has 0 aliphatic rings. The Morgan fingerprint density at radius 2 is 1.87 bits per heavy atom. The van der Waals surface area contributed by atoms with Crippen molar-refractivity contribution in [2.75, 3.05) is 0 Å². The maximum absolute atomic E-state index is 5.79. The Hall–Kier alpha value is -1.48. The van der Waals surface area contributed by atoms with E-state index in [4.69, 9.17) is 11.6 Å². The SMILES string of the molecule is Cc1ccc(-c2cc(C)nc(Cl)n2)cn1. The zero-order chi connectivity index (χ0) is 10.8. The van der Waals surface area contributed by atoms with Crippen molar-refractivity contribution in [3.8, 4) is 11.3 Å². The van der Waals surface area contributed by atoms with Gasteiger partial charge in [-0.05, 0) is 43.6 Å². The summed E-state index contributed by atoms with van der Waals surface area (Å²) in [5.41, 5.74) is 3.59. The Morgan fingerprint density at radius 1 is 1.07 bits per heavy atom. The summed E-state index contributed by atoms with van der Waals surface area (Å²) in [5, 5.41) is 0.269. The van der Waals surface area contributed by atoms with Crippen molar-refractivity contribution in [3.05, 3.63) is 41.1 Å². The highest BCUT2D eigenvalue weighted by Gasteiger charge is 2.02. The summed E-state index contributed by atoms with van der Waals surface area (Å²) in [6, 6.07) is 5.80. The van der Waals surface area contributed by atoms with Crippen LogP contribution in [0.3, 0.4) is 0 Å². The minimum Gasteiger partial charge on any atom is -0.261 e. The van der Waals surface area contributed by atoms with Crippen LogP contribution in [0.25, 0.3) is 11.3 Å². The second kappa shape index (κ2) is 3.95. The van der Waals surface area contributed by atoms with Gasteiger partial charge in [0.05, 0.1) is 5.69 Å². The third-order valence-electron chi connectivity index (χ3n) is 2.03. The molecule has 0 radical (unpaired) electrons. The van der Waals surface area contributed by atoms with E-state index in [9.17, 15) is 0 Å². The zero-order valence-corrected chi connectivity index (χ0v) is 9.28. The molecule has 0 N–H and O–H groups in total. The molecule has 0 aliphatic carbocycles. The molecule has 0 unspecified atom stereocenters. The van der Waals surface area contributed by atoms with Crippen molar-refractivity contribution in [2.24, 2.45) is 0 Å². The van der Waals surface area contributed by atoms with Crippen LogP contribution in [-0.2, 0) is 0 Å². The number of halogens is 1. The number of hydrogen-bond acceptors (Lipinski definition) is 3. The first-order chi connectivity index (χ1) is 7.15. The molecule has 76 valence electrons. The van der Waals surface area contributed by atoms with Gasteiger partial charge in [0, 0.05) is 23.1 Å². The highest BCUT2D eigenvalue weighted by molar-refractivity contribution is 6.28. The Kier molecular flexibility index (Phi) is 2.64. The van der Waals surface area contributed by atoms with Crippen LogP contribution in [0.1, 0.15) is 11.4 Å². The predicted octanol–water partition coefficient (Wildman–Crippen LogP) is 2.81. The molecule has 2 rings (SSSR count). The molecule has 0 amide bonds. The van der Waals surface area contributed by atoms with Crippen molar-refractivity contribution in [1.29, 1.82) is 0 Å². The van der Waals surface area contributed by atoms with Gasteiger partial charge in [0.2, 0.25) is 5.28 Å². The van der Waals surface area contributed by atoms with E-state index < -0.39 is 0 Å². The van der Waals surface area contributed by atoms with Crippen molar-refractivity contribution in [2.45, 2.75) is 13.8 Å². The standard InChI is InChI=1S/C11H10ClN3/c1-7-3-4-9(6-13-7)10-5-8(2)14-11(12)15-10/h3-6H,1-2H3. The van der Waals surface area contributed by atoms with Crippen LogP contribution in [0.2, 0.25) is 5.28 Å². The van der Waals surface area contributed by atoms with Gasteiger partial charge >= 0.3 is 0 Å². The molecule has 3 nitrogen and oxygen atoms in total. The summed E-state index contributed by atoms with van der Waals surface area (Å²) in [5.74, 6) is 0. The van der Waals surface area contributed by atoms with Crippen LogP contribution in [0.5, 0.6) is 0 Å². The van der Waals surface area contributed by atoms with Crippen LogP contribution in [0, 0.1) is 13.8 Å². The molecule has 0 atom stereocenters. The minimum atomic E-state index is 0.269. The van der Waals surface area contributed by atoms with Crippen LogP contribution in [-0.4, -0.2) is 15.0 Å². The molecule has 0 fully saturated rings. The zero-order valence-electron chi connectivity index (χ0n) is 8.53. The normalized spacial score (nSPS) is 10.3. The number of aromatic nitrogens is 3. The number of nitrogens with zero attached hydrogens (tertiary/aromatic N) is 3. The summed E-state index contributed by atoms with van der Waals surface area (Å²) in [4.78, 5) is 12.4. The van der Waals surface area contributed by atoms with Gasteiger partial charge < -0.3 is 0 Å². The summed E-state index contributed by atoms with van der Waals surface area (Å²) in [6.07, 6.45) is 1.79. The fraction of sp³-hybridized carbons (Fsp3) is 0.182. The van der Waals surface area contributed by atoms with E-state index in [0.717, 1.165) is 22.6 Å². The quantitative estimate of drug-likeness (QED) is 0.693. The van der Waals surface area contributed by atoms with E-state index >= 15 is 0 Å². The van der Waals surface area contributed by atoms with E-state index in [1.807, 2.05) is 32.0 Å². The maximum Gasteiger partial charge on any atom is 0.223 e. The van der Waals surface area contributed by atoms with Crippen LogP contribution in [0.15, 0.2) is 24.4 Å². The van der Waals surface area contributed by atoms with E-state index in [0.29, 0.717) is 0 Å². The van der Waals surface area contributed by atoms with Crippen molar-refractivity contribution >= 4 is 11.6 Å². The lowest BCUT2D eigenvalue weighted by Crippen LogP contribution is -1.91. The fourth-order valence-electron chi connectivity index (χ4n) is 1.30. The van der Waals surface area contributed by atoms with Gasteiger partial charge in [-0.15, -0.1) is 0 Å². The minimum absolute atomic E-state index is 0.269. The van der Waals surface area contributed by atoms with Gasteiger partial charge in [-0.2, -0.15) is 0 Å². The second-order valence-electron chi connectivity index (χ2n) is 3.35. The molecule has 15 heavy (non-hydrogen) atoms. The predicted molar refractivity (Wildman–Crippen MR) is 59.7 cm³/mol. The van der Waals surface area contributed by atoms with Crippen molar-refractivity contribution < 1.29 is 0 Å². The average molecular weight is 220 g/mol. The Balaban J connectivity index is 2.49. The highest BCUT2D eigenvalue weighted by atomic mass is 35.5. The van der Waals surface area contributed by atoms with Crippen molar-refractivity contribution in [3.63, 3.8) is 0 Å². The molecule has 0 aliphatic heterocycles. The van der Waals surface area contributed by atoms with Gasteiger partial charge in [-0.1, -0.05) is 0 Å². The lowest BCUT2D eigenvalue weighted by molar-refractivity contribution is 1.10. The molecule has 2 heterocycles. The van der Waals surface area contributed by atoms with Crippen LogP contribution in [0.4, 0.5) is 0 Å². The molecule has 2 aromatic heterocycles. The number of hydrogen-bond donors (Lipinski definition) is 0. The maximum atomic E-state index is 5.79. The fourth-order valence-corrected chi connectivity index (χ4v) is 1.52. The molecular weight excluding hydrogens is 210 g/mol. The molecule has 0 saturated carbocycles. The first-order valence-corrected chi connectivity index (χ1v) is 4.97. The van der Waals surface area contributed by atoms with E-state index in [1.54, 1.807) is 6.20 Å². The molecular formula is C11H10ClN3. The Bertz CT molecular complexity index is 459. The first kappa shape index (κ1) is 10.1. The average Bonchev–Trinajstić information content (AvgIpc) is 2.17. The van der Waals surface area contributed by atoms with E-state index in [2.05, 4.69) is 15.0 Å². The second-order valence-corrected chi connectivity index (χ2v) is 3.69. The Morgan fingerprint density at radius 3 is 2.47 bits per heavy atom. The lowest BCUT2D eigenvalue weighted by atomic mass is 10.2. The molecule has 0 bridgehead atoms. The van der Waals surface area contributed by atoms with E-state index in [1.165, 1.54) is 0 Å². The van der Waals surface area contributed by atoms with Gasteiger partial charge in [0.15, 0.2) is 0 Å². The largest absolute Gasteiger partial charge is 0.261 e. The van der Waals surface area contributed by atoms with Gasteiger partial charge in [-0.25, -0.2) is 9.97 Å². The third kappa shape index (κ3) is 2.30. The number of pyridine rings is 1. The van der Waals surface area contributed by atoms with Crippen LogP contribution >= 0.6 is 11.6 Å². The molecule has 0 aromatic carbocycles. The smallest absolute Gasteiger partial charge is 0.223 e. The van der Waals surface area contributed by atoms with Gasteiger partial charge in [0.1, 0.15) is 0 Å². The lowest BCUT2D eigenvalue weighted by Gasteiger charge is -2.02. The summed E-state index contributed by atoms with van der Waals surface area (Å²) >= 11 is 5.79. The monoisotopic (exact) mass is 219 g/mol. The highest BCUT2D eigenvalue weighted by Crippen LogP contribution is 2.18. The molecule has 0 saturated heterocycles. The summed E-state index contributed by atoms with van der Waals surface area (Å²) < 4.78 is 0. The topological polar surface area (TPSA) is 38.7 Å². The van der Waals surface area contributed by atoms with Crippen molar-refractivity contribution in [1.82, 2.24) is 15.0 Å². The summed E-state index contributed by atoms with van der Waals surface area (Å²) in [6.45, 7) is 3.83.